The summed E-state index contributed by atoms with van der Waals surface area (Å²) in [5, 5.41) is 6.38. The summed E-state index contributed by atoms with van der Waals surface area (Å²) in [5.74, 6) is 1.46. The van der Waals surface area contributed by atoms with Crippen LogP contribution >= 0.6 is 0 Å². The van der Waals surface area contributed by atoms with Crippen LogP contribution in [-0.2, 0) is 4.74 Å². The van der Waals surface area contributed by atoms with E-state index in [1.54, 1.807) is 0 Å². The van der Waals surface area contributed by atoms with Crippen molar-refractivity contribution in [1.29, 1.82) is 0 Å². The Morgan fingerprint density at radius 2 is 1.96 bits per heavy atom. The number of fused-ring (bicyclic) bond motifs is 1. The molecule has 5 nitrogen and oxygen atoms in total. The summed E-state index contributed by atoms with van der Waals surface area (Å²) in [6.07, 6.45) is 10.5. The monoisotopic (exact) mass is 321 g/mol. The van der Waals surface area contributed by atoms with Gasteiger partial charge in [0.25, 0.3) is 0 Å². The first kappa shape index (κ1) is 15.7. The minimum absolute atomic E-state index is 0.0340. The van der Waals surface area contributed by atoms with E-state index in [0.717, 1.165) is 44.9 Å². The molecule has 5 heteroatoms. The first-order valence-corrected chi connectivity index (χ1v) is 9.69. The van der Waals surface area contributed by atoms with Gasteiger partial charge in [-0.15, -0.1) is 0 Å². The van der Waals surface area contributed by atoms with Crippen LogP contribution < -0.4 is 10.6 Å². The number of amides is 2. The number of nitrogens with zero attached hydrogens (tertiary/aromatic N) is 1. The molecule has 4 atom stereocenters. The SMILES string of the molecule is O=C(N[C@@H]1CCN(CC2CCCC2)C1)N[C@@H]1C[C@H]2OCCC[C@H]12. The highest BCUT2D eigenvalue weighted by Gasteiger charge is 2.44. The second kappa shape index (κ2) is 6.98. The first-order chi connectivity index (χ1) is 11.3. The Kier molecular flexibility index (Phi) is 4.76. The molecule has 0 bridgehead atoms. The average Bonchev–Trinajstić information content (AvgIpc) is 3.18. The smallest absolute Gasteiger partial charge is 0.315 e. The van der Waals surface area contributed by atoms with Crippen molar-refractivity contribution in [3.05, 3.63) is 0 Å². The van der Waals surface area contributed by atoms with E-state index in [1.807, 2.05) is 0 Å². The van der Waals surface area contributed by atoms with Crippen molar-refractivity contribution in [1.82, 2.24) is 15.5 Å². The lowest BCUT2D eigenvalue weighted by molar-refractivity contribution is -0.1000. The maximum atomic E-state index is 12.2. The molecule has 0 radical (unpaired) electrons. The van der Waals surface area contributed by atoms with Crippen LogP contribution in [0.3, 0.4) is 0 Å². The summed E-state index contributed by atoms with van der Waals surface area (Å²) in [6, 6.07) is 0.693. The van der Waals surface area contributed by atoms with Gasteiger partial charge in [0.05, 0.1) is 6.10 Å². The van der Waals surface area contributed by atoms with Crippen LogP contribution in [0.25, 0.3) is 0 Å². The molecule has 4 fully saturated rings. The number of likely N-dealkylation sites (tertiary alicyclic amines) is 1. The molecule has 2 aliphatic heterocycles. The Balaban J connectivity index is 1.16. The maximum absolute atomic E-state index is 12.2. The number of rotatable bonds is 4. The second-order valence-electron chi connectivity index (χ2n) is 8.07. The zero-order chi connectivity index (χ0) is 15.6. The van der Waals surface area contributed by atoms with Gasteiger partial charge in [0.1, 0.15) is 0 Å². The van der Waals surface area contributed by atoms with Gasteiger partial charge in [-0.3, -0.25) is 0 Å². The molecule has 23 heavy (non-hydrogen) atoms. The van der Waals surface area contributed by atoms with Crippen molar-refractivity contribution in [3.8, 4) is 0 Å². The standard InChI is InChI=1S/C18H31N3O2/c22-18(20-16-10-17-15(16)6-3-9-23-17)19-14-7-8-21(12-14)11-13-4-1-2-5-13/h13-17H,1-12H2,(H2,19,20,22)/t14-,15-,16-,17-/m1/s1. The topological polar surface area (TPSA) is 53.6 Å². The highest BCUT2D eigenvalue weighted by molar-refractivity contribution is 5.74. The molecule has 0 aromatic carbocycles. The molecule has 2 aliphatic carbocycles. The molecule has 130 valence electrons. The van der Waals surface area contributed by atoms with Crippen molar-refractivity contribution < 1.29 is 9.53 Å². The van der Waals surface area contributed by atoms with Crippen LogP contribution in [0, 0.1) is 11.8 Å². The lowest BCUT2D eigenvalue weighted by Gasteiger charge is -2.47. The van der Waals surface area contributed by atoms with Gasteiger partial charge < -0.3 is 20.3 Å². The first-order valence-electron chi connectivity index (χ1n) is 9.69. The van der Waals surface area contributed by atoms with Crippen molar-refractivity contribution in [2.24, 2.45) is 11.8 Å². The third-order valence-electron chi connectivity index (χ3n) is 6.41. The van der Waals surface area contributed by atoms with E-state index in [2.05, 4.69) is 15.5 Å². The number of nitrogens with one attached hydrogen (secondary N) is 2. The summed E-state index contributed by atoms with van der Waals surface area (Å²) in [7, 11) is 0. The van der Waals surface area contributed by atoms with Crippen LogP contribution in [0.15, 0.2) is 0 Å². The molecular formula is C18H31N3O2. The van der Waals surface area contributed by atoms with Crippen molar-refractivity contribution in [2.45, 2.75) is 69.6 Å². The summed E-state index contributed by atoms with van der Waals surface area (Å²) >= 11 is 0. The fraction of sp³-hybridized carbons (Fsp3) is 0.944. The predicted octanol–water partition coefficient (Wildman–Crippen LogP) is 2.12. The highest BCUT2D eigenvalue weighted by atomic mass is 16.5. The molecule has 2 heterocycles. The van der Waals surface area contributed by atoms with E-state index in [-0.39, 0.29) is 6.03 Å². The highest BCUT2D eigenvalue weighted by Crippen LogP contribution is 2.37. The van der Waals surface area contributed by atoms with E-state index in [0.29, 0.717) is 24.1 Å². The normalized spacial score (nSPS) is 38.1. The molecular weight excluding hydrogens is 290 g/mol. The fourth-order valence-corrected chi connectivity index (χ4v) is 5.03. The summed E-state index contributed by atoms with van der Waals surface area (Å²) in [4.78, 5) is 14.8. The molecule has 2 saturated heterocycles. The van der Waals surface area contributed by atoms with Gasteiger partial charge in [-0.05, 0) is 44.4 Å². The van der Waals surface area contributed by atoms with Crippen molar-refractivity contribution in [3.63, 3.8) is 0 Å². The number of carbonyl (C=O) groups excluding carboxylic acids is 1. The Morgan fingerprint density at radius 1 is 1.09 bits per heavy atom. The van der Waals surface area contributed by atoms with E-state index in [4.69, 9.17) is 4.74 Å². The molecule has 0 spiro atoms. The third-order valence-corrected chi connectivity index (χ3v) is 6.41. The van der Waals surface area contributed by atoms with E-state index in [9.17, 15) is 4.79 Å². The minimum Gasteiger partial charge on any atom is -0.378 e. The fourth-order valence-electron chi connectivity index (χ4n) is 5.03. The number of ether oxygens (including phenoxy) is 1. The zero-order valence-electron chi connectivity index (χ0n) is 14.1. The Hall–Kier alpha value is -0.810. The Morgan fingerprint density at radius 3 is 2.78 bits per heavy atom. The molecule has 2 saturated carbocycles. The zero-order valence-corrected chi connectivity index (χ0v) is 14.1. The Bertz CT molecular complexity index is 424. The van der Waals surface area contributed by atoms with Crippen LogP contribution in [0.1, 0.15) is 51.4 Å². The van der Waals surface area contributed by atoms with Crippen LogP contribution in [0.2, 0.25) is 0 Å². The maximum Gasteiger partial charge on any atom is 0.315 e. The molecule has 0 unspecified atom stereocenters. The quantitative estimate of drug-likeness (QED) is 0.834. The van der Waals surface area contributed by atoms with Crippen LogP contribution in [0.4, 0.5) is 4.79 Å². The minimum atomic E-state index is 0.0340. The molecule has 0 aromatic heterocycles. The number of urea groups is 1. The lowest BCUT2D eigenvalue weighted by atomic mass is 9.72. The summed E-state index contributed by atoms with van der Waals surface area (Å²) in [6.45, 7) is 4.32. The van der Waals surface area contributed by atoms with Crippen LogP contribution in [0.5, 0.6) is 0 Å². The molecule has 0 aromatic rings. The van der Waals surface area contributed by atoms with E-state index >= 15 is 0 Å². The number of carbonyl (C=O) groups is 1. The summed E-state index contributed by atoms with van der Waals surface area (Å²) < 4.78 is 5.72. The second-order valence-corrected chi connectivity index (χ2v) is 8.07. The van der Waals surface area contributed by atoms with Gasteiger partial charge in [-0.2, -0.15) is 0 Å². The van der Waals surface area contributed by atoms with Gasteiger partial charge in [0, 0.05) is 44.2 Å². The van der Waals surface area contributed by atoms with E-state index < -0.39 is 0 Å². The van der Waals surface area contributed by atoms with E-state index in [1.165, 1.54) is 38.6 Å². The largest absolute Gasteiger partial charge is 0.378 e. The average molecular weight is 321 g/mol. The van der Waals surface area contributed by atoms with Crippen molar-refractivity contribution >= 4 is 6.03 Å². The summed E-state index contributed by atoms with van der Waals surface area (Å²) in [5.41, 5.74) is 0. The van der Waals surface area contributed by atoms with Gasteiger partial charge in [-0.1, -0.05) is 12.8 Å². The van der Waals surface area contributed by atoms with Gasteiger partial charge in [0.2, 0.25) is 0 Å². The van der Waals surface area contributed by atoms with Crippen molar-refractivity contribution in [2.75, 3.05) is 26.2 Å². The molecule has 2 amide bonds. The Labute approximate surface area is 139 Å². The molecule has 4 aliphatic rings. The van der Waals surface area contributed by atoms with Gasteiger partial charge >= 0.3 is 6.03 Å². The van der Waals surface area contributed by atoms with Gasteiger partial charge in [-0.25, -0.2) is 4.79 Å². The molecule has 4 rings (SSSR count). The predicted molar refractivity (Wildman–Crippen MR) is 89.3 cm³/mol. The molecule has 2 N–H and O–H groups in total. The van der Waals surface area contributed by atoms with Gasteiger partial charge in [0.15, 0.2) is 0 Å². The third kappa shape index (κ3) is 3.66. The lowest BCUT2D eigenvalue weighted by Crippen LogP contribution is -2.60. The number of hydrogen-bond donors (Lipinski definition) is 2. The van der Waals surface area contributed by atoms with Crippen LogP contribution in [-0.4, -0.2) is 55.4 Å². The number of hydrogen-bond acceptors (Lipinski definition) is 3.